The van der Waals surface area contributed by atoms with Crippen LogP contribution in [0.2, 0.25) is 0 Å². The number of hydrogen-bond donors (Lipinski definition) is 3. The third-order valence-corrected chi connectivity index (χ3v) is 2.59. The number of rotatable bonds is 1. The summed E-state index contributed by atoms with van der Waals surface area (Å²) < 4.78 is 0. The monoisotopic (exact) mass is 181 g/mol. The fraction of sp³-hybridized carbons (Fsp3) is 0.500. The number of nitrogens with zero attached hydrogens (tertiary/aromatic N) is 1. The largest absolute Gasteiger partial charge is 0.509 e. The predicted octanol–water partition coefficient (Wildman–Crippen LogP) is -0.261. The Labute approximate surface area is 75.3 Å². The van der Waals surface area contributed by atoms with Gasteiger partial charge in [0.05, 0.1) is 6.04 Å². The molecule has 4 N–H and O–H groups in total. The first kappa shape index (κ1) is 8.10. The van der Waals surface area contributed by atoms with Crippen LogP contribution >= 0.6 is 0 Å². The van der Waals surface area contributed by atoms with Gasteiger partial charge >= 0.3 is 0 Å². The molecule has 0 aromatic rings. The average molecular weight is 181 g/mol. The van der Waals surface area contributed by atoms with Crippen LogP contribution in [0, 0.1) is 5.41 Å². The maximum atomic E-state index is 10.9. The van der Waals surface area contributed by atoms with Crippen molar-refractivity contribution in [2.75, 3.05) is 6.54 Å². The zero-order valence-electron chi connectivity index (χ0n) is 7.08. The van der Waals surface area contributed by atoms with Gasteiger partial charge in [0.1, 0.15) is 17.2 Å². The van der Waals surface area contributed by atoms with E-state index in [0.29, 0.717) is 0 Å². The second kappa shape index (κ2) is 2.48. The number of carbonyl (C=O) groups excluding carboxylic acids is 1. The van der Waals surface area contributed by atoms with Gasteiger partial charge in [-0.15, -0.1) is 0 Å². The number of nitrogens with one attached hydrogen (secondary N) is 1. The molecule has 5 nitrogen and oxygen atoms in total. The van der Waals surface area contributed by atoms with Gasteiger partial charge in [0.15, 0.2) is 0 Å². The fourth-order valence-electron chi connectivity index (χ4n) is 1.99. The van der Waals surface area contributed by atoms with E-state index in [9.17, 15) is 9.90 Å². The van der Waals surface area contributed by atoms with Gasteiger partial charge in [-0.2, -0.15) is 0 Å². The molecule has 0 aromatic carbocycles. The molecule has 0 aliphatic carbocycles. The molecular formula is C8H11N3O2. The van der Waals surface area contributed by atoms with Crippen LogP contribution in [0.5, 0.6) is 0 Å². The molecule has 2 aliphatic rings. The van der Waals surface area contributed by atoms with E-state index < -0.39 is 5.91 Å². The number of hydrogen-bond acceptors (Lipinski definition) is 3. The molecule has 0 spiro atoms. The molecule has 0 saturated carbocycles. The summed E-state index contributed by atoms with van der Waals surface area (Å²) >= 11 is 0. The summed E-state index contributed by atoms with van der Waals surface area (Å²) in [6, 6.07) is -0.171. The molecule has 2 rings (SSSR count). The number of carbonyl (C=O) groups is 1. The fourth-order valence-corrected chi connectivity index (χ4v) is 1.99. The Balaban J connectivity index is 2.41. The summed E-state index contributed by atoms with van der Waals surface area (Å²) in [6.07, 6.45) is 1.74. The summed E-state index contributed by atoms with van der Waals surface area (Å²) in [5.74, 6) is -0.653. The number of amides is 1. The Bertz CT molecular complexity index is 321. The Morgan fingerprint density at radius 1 is 1.69 bits per heavy atom. The predicted molar refractivity (Wildman–Crippen MR) is 46.3 cm³/mol. The lowest BCUT2D eigenvalue weighted by atomic mass is 10.1. The molecule has 0 unspecified atom stereocenters. The van der Waals surface area contributed by atoms with Crippen molar-refractivity contribution in [2.45, 2.75) is 18.9 Å². The third kappa shape index (κ3) is 0.929. The molecule has 1 amide bonds. The van der Waals surface area contributed by atoms with Crippen molar-refractivity contribution in [1.29, 1.82) is 5.41 Å². The zero-order chi connectivity index (χ0) is 9.59. The van der Waals surface area contributed by atoms with E-state index in [-0.39, 0.29) is 23.2 Å². The lowest BCUT2D eigenvalue weighted by Crippen LogP contribution is -2.31. The second-order valence-electron chi connectivity index (χ2n) is 3.32. The number of primary amides is 1. The van der Waals surface area contributed by atoms with Crippen LogP contribution in [0.15, 0.2) is 11.3 Å². The minimum absolute atomic E-state index is 0.00954. The van der Waals surface area contributed by atoms with Crippen molar-refractivity contribution in [2.24, 2.45) is 5.73 Å². The van der Waals surface area contributed by atoms with E-state index in [1.54, 1.807) is 4.90 Å². The van der Waals surface area contributed by atoms with Crippen molar-refractivity contribution >= 4 is 11.7 Å². The molecule has 0 aromatic heterocycles. The van der Waals surface area contributed by atoms with E-state index in [4.69, 9.17) is 11.1 Å². The molecular weight excluding hydrogens is 170 g/mol. The van der Waals surface area contributed by atoms with Crippen LogP contribution in [-0.2, 0) is 4.79 Å². The van der Waals surface area contributed by atoms with E-state index in [1.165, 1.54) is 0 Å². The van der Waals surface area contributed by atoms with Crippen LogP contribution in [0.3, 0.4) is 0 Å². The van der Waals surface area contributed by atoms with Crippen LogP contribution in [0.1, 0.15) is 12.8 Å². The van der Waals surface area contributed by atoms with Gasteiger partial charge in [-0.25, -0.2) is 0 Å². The van der Waals surface area contributed by atoms with Gasteiger partial charge in [-0.05, 0) is 12.8 Å². The van der Waals surface area contributed by atoms with Gasteiger partial charge in [0, 0.05) is 6.54 Å². The standard InChI is InChI=1S/C8H11N3O2/c9-7-5(8(10)13)6(12)4-2-1-3-11(4)7/h4,9,12H,1-3H2,(H2,10,13)/t4-/m1/s1. The molecule has 1 atom stereocenters. The number of aliphatic hydroxyl groups excluding tert-OH is 1. The number of aliphatic hydroxyl groups is 1. The van der Waals surface area contributed by atoms with Crippen LogP contribution < -0.4 is 5.73 Å². The Morgan fingerprint density at radius 2 is 2.38 bits per heavy atom. The highest BCUT2D eigenvalue weighted by molar-refractivity contribution is 6.21. The second-order valence-corrected chi connectivity index (χ2v) is 3.32. The quantitative estimate of drug-likeness (QED) is 0.520. The van der Waals surface area contributed by atoms with E-state index in [1.807, 2.05) is 0 Å². The molecule has 1 saturated heterocycles. The molecule has 13 heavy (non-hydrogen) atoms. The summed E-state index contributed by atoms with van der Waals surface area (Å²) in [4.78, 5) is 12.6. The smallest absolute Gasteiger partial charge is 0.255 e. The van der Waals surface area contributed by atoms with Gasteiger partial charge < -0.3 is 15.7 Å². The average Bonchev–Trinajstić information content (AvgIpc) is 2.56. The maximum absolute atomic E-state index is 10.9. The minimum atomic E-state index is -0.711. The topological polar surface area (TPSA) is 90.4 Å². The Kier molecular flexibility index (Phi) is 1.55. The summed E-state index contributed by atoms with van der Waals surface area (Å²) in [6.45, 7) is 0.727. The van der Waals surface area contributed by atoms with Crippen molar-refractivity contribution in [3.63, 3.8) is 0 Å². The van der Waals surface area contributed by atoms with E-state index >= 15 is 0 Å². The molecule has 5 heteroatoms. The molecule has 0 bridgehead atoms. The highest BCUT2D eigenvalue weighted by Crippen LogP contribution is 2.32. The Morgan fingerprint density at radius 3 is 2.92 bits per heavy atom. The van der Waals surface area contributed by atoms with Gasteiger partial charge in [-0.3, -0.25) is 10.2 Å². The van der Waals surface area contributed by atoms with Crippen molar-refractivity contribution < 1.29 is 9.90 Å². The first-order valence-corrected chi connectivity index (χ1v) is 4.21. The molecule has 0 radical (unpaired) electrons. The van der Waals surface area contributed by atoms with Crippen molar-refractivity contribution in [3.8, 4) is 0 Å². The highest BCUT2D eigenvalue weighted by atomic mass is 16.3. The molecule has 2 heterocycles. The first-order chi connectivity index (χ1) is 6.13. The summed E-state index contributed by atoms with van der Waals surface area (Å²) in [5.41, 5.74) is 5.05. The van der Waals surface area contributed by atoms with E-state index in [0.717, 1.165) is 19.4 Å². The normalized spacial score (nSPS) is 26.9. The minimum Gasteiger partial charge on any atom is -0.509 e. The lowest BCUT2D eigenvalue weighted by molar-refractivity contribution is -0.114. The number of nitrogens with two attached hydrogens (primary N) is 1. The highest BCUT2D eigenvalue weighted by Gasteiger charge is 2.41. The zero-order valence-corrected chi connectivity index (χ0v) is 7.08. The molecule has 1 fully saturated rings. The Hall–Kier alpha value is -1.52. The lowest BCUT2D eigenvalue weighted by Gasteiger charge is -2.17. The van der Waals surface area contributed by atoms with Crippen LogP contribution in [0.4, 0.5) is 0 Å². The van der Waals surface area contributed by atoms with Crippen LogP contribution in [0.25, 0.3) is 0 Å². The number of amidine groups is 1. The van der Waals surface area contributed by atoms with Crippen LogP contribution in [-0.4, -0.2) is 34.3 Å². The number of fused-ring (bicyclic) bond motifs is 1. The third-order valence-electron chi connectivity index (χ3n) is 2.59. The summed E-state index contributed by atoms with van der Waals surface area (Å²) in [7, 11) is 0. The SMILES string of the molecule is N=C1C(C(N)=O)=C(O)[C@H]2CCCN12. The van der Waals surface area contributed by atoms with Gasteiger partial charge in [0.25, 0.3) is 5.91 Å². The molecule has 70 valence electrons. The molecule has 2 aliphatic heterocycles. The van der Waals surface area contributed by atoms with Crippen molar-refractivity contribution in [1.82, 2.24) is 4.90 Å². The first-order valence-electron chi connectivity index (χ1n) is 4.21. The van der Waals surface area contributed by atoms with E-state index in [2.05, 4.69) is 0 Å². The van der Waals surface area contributed by atoms with Gasteiger partial charge in [0.2, 0.25) is 0 Å². The van der Waals surface area contributed by atoms with Gasteiger partial charge in [-0.1, -0.05) is 0 Å². The maximum Gasteiger partial charge on any atom is 0.255 e. The summed E-state index contributed by atoms with van der Waals surface area (Å²) in [5, 5.41) is 17.2. The van der Waals surface area contributed by atoms with Crippen molar-refractivity contribution in [3.05, 3.63) is 11.3 Å².